The Morgan fingerprint density at radius 2 is 1.37 bits per heavy atom. The lowest BCUT2D eigenvalue weighted by Gasteiger charge is -2.30. The Balaban J connectivity index is 2.46. The minimum atomic E-state index is -6.33. The molecule has 0 atom stereocenters. The van der Waals surface area contributed by atoms with Gasteiger partial charge in [0.15, 0.2) is 0 Å². The van der Waals surface area contributed by atoms with Gasteiger partial charge in [0, 0.05) is 16.1 Å². The molecule has 0 radical (unpaired) electrons. The first kappa shape index (κ1) is 24.6. The number of anilines is 1. The molecule has 0 aliphatic carbocycles. The van der Waals surface area contributed by atoms with E-state index in [0.29, 0.717) is 6.42 Å². The molecule has 164 valence electrons. The molecule has 0 aromatic heterocycles. The lowest BCUT2D eigenvalue weighted by molar-refractivity contribution is -0.348. The highest BCUT2D eigenvalue weighted by Gasteiger charge is 2.73. The monoisotopic (exact) mass is 495 g/mol. The molecule has 30 heavy (non-hydrogen) atoms. The number of hydrogen-bond donors (Lipinski definition) is 1. The first-order valence-electron chi connectivity index (χ1n) is 8.05. The maximum atomic E-state index is 14.2. The SMILES string of the molecule is CCc1ccc(C(=O)Nc2c(Cl)cc(C(F)(C(F)(F)F)C(F)(F)F)cc2Cl)cc1Cl. The third kappa shape index (κ3) is 4.48. The highest BCUT2D eigenvalue weighted by Crippen LogP contribution is 2.54. The minimum Gasteiger partial charge on any atom is -0.319 e. The molecule has 0 aliphatic heterocycles. The summed E-state index contributed by atoms with van der Waals surface area (Å²) in [4.78, 5) is 12.3. The van der Waals surface area contributed by atoms with Gasteiger partial charge in [-0.05, 0) is 36.2 Å². The van der Waals surface area contributed by atoms with Crippen LogP contribution >= 0.6 is 34.8 Å². The third-order valence-corrected chi connectivity index (χ3v) is 5.10. The molecule has 0 unspecified atom stereocenters. The van der Waals surface area contributed by atoms with Gasteiger partial charge >= 0.3 is 18.0 Å². The standard InChI is InChI=1S/C18H11Cl3F7NO/c1-2-8-3-4-9(5-11(8)19)15(30)29-14-12(20)6-10(7-13(14)21)16(22,17(23,24)25)18(26,27)28/h3-7H,2H2,1H3,(H,29,30). The number of halogens is 10. The van der Waals surface area contributed by atoms with E-state index in [-0.39, 0.29) is 22.7 Å². The van der Waals surface area contributed by atoms with Gasteiger partial charge in [0.25, 0.3) is 5.91 Å². The molecule has 0 saturated carbocycles. The summed E-state index contributed by atoms with van der Waals surface area (Å²) >= 11 is 17.5. The van der Waals surface area contributed by atoms with Crippen molar-refractivity contribution < 1.29 is 35.5 Å². The zero-order valence-electron chi connectivity index (χ0n) is 14.8. The predicted molar refractivity (Wildman–Crippen MR) is 100 cm³/mol. The van der Waals surface area contributed by atoms with Crippen molar-refractivity contribution in [3.63, 3.8) is 0 Å². The molecular formula is C18H11Cl3F7NO. The van der Waals surface area contributed by atoms with Crippen molar-refractivity contribution in [1.29, 1.82) is 0 Å². The second-order valence-corrected chi connectivity index (χ2v) is 7.30. The maximum Gasteiger partial charge on any atom is 0.435 e. The van der Waals surface area contributed by atoms with E-state index >= 15 is 0 Å². The fourth-order valence-electron chi connectivity index (χ4n) is 2.54. The second-order valence-electron chi connectivity index (χ2n) is 6.08. The zero-order chi connectivity index (χ0) is 23.1. The number of nitrogens with one attached hydrogen (secondary N) is 1. The number of amides is 1. The molecule has 2 rings (SSSR count). The number of carbonyl (C=O) groups excluding carboxylic acids is 1. The highest BCUT2D eigenvalue weighted by molar-refractivity contribution is 6.40. The van der Waals surface area contributed by atoms with E-state index in [1.165, 1.54) is 12.1 Å². The van der Waals surface area contributed by atoms with E-state index in [4.69, 9.17) is 34.8 Å². The molecule has 0 fully saturated rings. The molecule has 2 nitrogen and oxygen atoms in total. The summed E-state index contributed by atoms with van der Waals surface area (Å²) in [5.41, 5.74) is -7.30. The number of hydrogen-bond acceptors (Lipinski definition) is 1. The Bertz CT molecular complexity index is 936. The van der Waals surface area contributed by atoms with E-state index in [2.05, 4.69) is 5.32 Å². The van der Waals surface area contributed by atoms with Crippen LogP contribution < -0.4 is 5.32 Å². The summed E-state index contributed by atoms with van der Waals surface area (Å²) in [5, 5.41) is 0.799. The van der Waals surface area contributed by atoms with Gasteiger partial charge in [0.2, 0.25) is 0 Å². The summed E-state index contributed by atoms with van der Waals surface area (Å²) in [5.74, 6) is -0.839. The van der Waals surface area contributed by atoms with Crippen LogP contribution in [0.5, 0.6) is 0 Å². The molecule has 1 N–H and O–H groups in total. The van der Waals surface area contributed by atoms with Gasteiger partial charge in [-0.2, -0.15) is 26.3 Å². The van der Waals surface area contributed by atoms with Crippen LogP contribution in [-0.4, -0.2) is 18.3 Å². The Hall–Kier alpha value is -1.71. The first-order valence-corrected chi connectivity index (χ1v) is 9.18. The lowest BCUT2D eigenvalue weighted by atomic mass is 9.94. The number of carbonyl (C=O) groups is 1. The number of benzene rings is 2. The first-order chi connectivity index (χ1) is 13.6. The van der Waals surface area contributed by atoms with Crippen LogP contribution in [0.15, 0.2) is 30.3 Å². The summed E-state index contributed by atoms with van der Waals surface area (Å²) in [6.45, 7) is 1.83. The molecule has 0 heterocycles. The van der Waals surface area contributed by atoms with Gasteiger partial charge in [0.1, 0.15) is 0 Å². The zero-order valence-corrected chi connectivity index (χ0v) is 17.0. The van der Waals surface area contributed by atoms with Crippen molar-refractivity contribution in [2.45, 2.75) is 31.4 Å². The second kappa shape index (κ2) is 8.43. The summed E-state index contributed by atoms with van der Waals surface area (Å²) in [6.07, 6.45) is -12.1. The largest absolute Gasteiger partial charge is 0.435 e. The van der Waals surface area contributed by atoms with Crippen LogP contribution in [-0.2, 0) is 12.1 Å². The smallest absolute Gasteiger partial charge is 0.319 e. The van der Waals surface area contributed by atoms with Crippen molar-refractivity contribution in [2.24, 2.45) is 0 Å². The average Bonchev–Trinajstić information content (AvgIpc) is 2.61. The van der Waals surface area contributed by atoms with E-state index < -0.39 is 45.2 Å². The highest BCUT2D eigenvalue weighted by atomic mass is 35.5. The van der Waals surface area contributed by atoms with Crippen LogP contribution in [0.25, 0.3) is 0 Å². The topological polar surface area (TPSA) is 29.1 Å². The third-order valence-electron chi connectivity index (χ3n) is 4.16. The molecule has 0 bridgehead atoms. The van der Waals surface area contributed by atoms with Gasteiger partial charge in [-0.25, -0.2) is 4.39 Å². The Morgan fingerprint density at radius 3 is 1.77 bits per heavy atom. The Kier molecular flexibility index (Phi) is 6.90. The molecule has 0 saturated heterocycles. The quantitative estimate of drug-likeness (QED) is 0.431. The maximum absolute atomic E-state index is 14.2. The van der Waals surface area contributed by atoms with E-state index in [9.17, 15) is 35.5 Å². The summed E-state index contributed by atoms with van der Waals surface area (Å²) in [7, 11) is 0. The normalized spacial score (nSPS) is 12.8. The lowest BCUT2D eigenvalue weighted by Crippen LogP contribution is -2.50. The fraction of sp³-hybridized carbons (Fsp3) is 0.278. The van der Waals surface area contributed by atoms with Gasteiger partial charge < -0.3 is 5.32 Å². The van der Waals surface area contributed by atoms with Crippen molar-refractivity contribution in [1.82, 2.24) is 0 Å². The molecule has 1 amide bonds. The molecular weight excluding hydrogens is 486 g/mol. The Morgan fingerprint density at radius 1 is 0.867 bits per heavy atom. The molecule has 2 aromatic rings. The number of alkyl halides is 7. The van der Waals surface area contributed by atoms with Gasteiger partial charge in [0.05, 0.1) is 15.7 Å². The van der Waals surface area contributed by atoms with Gasteiger partial charge in [-0.1, -0.05) is 47.8 Å². The summed E-state index contributed by atoms with van der Waals surface area (Å²) < 4.78 is 91.7. The van der Waals surface area contributed by atoms with Gasteiger partial charge in [-0.3, -0.25) is 4.79 Å². The molecule has 2 aromatic carbocycles. The van der Waals surface area contributed by atoms with Crippen LogP contribution in [0, 0.1) is 0 Å². The van der Waals surface area contributed by atoms with Crippen molar-refractivity contribution >= 4 is 46.4 Å². The summed E-state index contributed by atoms with van der Waals surface area (Å²) in [6, 6.07) is 4.49. The van der Waals surface area contributed by atoms with Gasteiger partial charge in [-0.15, -0.1) is 0 Å². The van der Waals surface area contributed by atoms with Crippen molar-refractivity contribution in [2.75, 3.05) is 5.32 Å². The van der Waals surface area contributed by atoms with Crippen LogP contribution in [0.3, 0.4) is 0 Å². The predicted octanol–water partition coefficient (Wildman–Crippen LogP) is 7.75. The minimum absolute atomic E-state index is 0.0267. The van der Waals surface area contributed by atoms with E-state index in [1.54, 1.807) is 6.07 Å². The van der Waals surface area contributed by atoms with Crippen LogP contribution in [0.2, 0.25) is 15.1 Å². The molecule has 12 heteroatoms. The van der Waals surface area contributed by atoms with Crippen LogP contribution in [0.4, 0.5) is 36.4 Å². The fourth-order valence-corrected chi connectivity index (χ4v) is 3.44. The van der Waals surface area contributed by atoms with Crippen LogP contribution in [0.1, 0.15) is 28.4 Å². The van der Waals surface area contributed by atoms with E-state index in [1.807, 2.05) is 6.92 Å². The van der Waals surface area contributed by atoms with Crippen molar-refractivity contribution in [3.05, 3.63) is 62.1 Å². The molecule has 0 aliphatic rings. The number of rotatable bonds is 4. The Labute approximate surface area is 180 Å². The van der Waals surface area contributed by atoms with E-state index in [0.717, 1.165) is 5.56 Å². The number of aryl methyl sites for hydroxylation is 1. The van der Waals surface area contributed by atoms with Crippen molar-refractivity contribution in [3.8, 4) is 0 Å². The average molecular weight is 497 g/mol. The molecule has 0 spiro atoms.